The van der Waals surface area contributed by atoms with E-state index >= 15 is 0 Å². The largest absolute Gasteiger partial charge is 0.480 e. The highest BCUT2D eigenvalue weighted by Crippen LogP contribution is 2.09. The van der Waals surface area contributed by atoms with Crippen LogP contribution in [0, 0.1) is 5.92 Å². The first kappa shape index (κ1) is 34.0. The minimum Gasteiger partial charge on any atom is -0.480 e. The highest BCUT2D eigenvalue weighted by Gasteiger charge is 2.31. The van der Waals surface area contributed by atoms with E-state index in [1.54, 1.807) is 13.8 Å². The SMILES string of the molecule is CC(C)CC(NC(=O)C(CCC(N)=O)NC(=O)C(N)CCCN=C(N)N)C(=O)NC(CCC(N)=O)C(=O)O. The molecule has 0 heterocycles. The molecule has 0 radical (unpaired) electrons. The smallest absolute Gasteiger partial charge is 0.326 e. The van der Waals surface area contributed by atoms with Crippen LogP contribution in [-0.2, 0) is 28.8 Å². The average Bonchev–Trinajstić information content (AvgIpc) is 2.80. The number of nitrogens with one attached hydrogen (secondary N) is 3. The van der Waals surface area contributed by atoms with Crippen LogP contribution in [0.3, 0.4) is 0 Å². The van der Waals surface area contributed by atoms with Crippen molar-refractivity contribution in [3.05, 3.63) is 0 Å². The maximum absolute atomic E-state index is 13.1. The molecule has 4 unspecified atom stereocenters. The lowest BCUT2D eigenvalue weighted by atomic mass is 10.0. The number of aliphatic carboxylic acids is 1. The lowest BCUT2D eigenvalue weighted by Crippen LogP contribution is -2.57. The summed E-state index contributed by atoms with van der Waals surface area (Å²) >= 11 is 0. The summed E-state index contributed by atoms with van der Waals surface area (Å²) in [6.07, 6.45) is -0.203. The molecule has 0 aromatic carbocycles. The first-order chi connectivity index (χ1) is 17.6. The number of nitrogens with two attached hydrogens (primary N) is 5. The molecular formula is C22H41N9O7. The van der Waals surface area contributed by atoms with E-state index in [2.05, 4.69) is 20.9 Å². The molecule has 14 N–H and O–H groups in total. The van der Waals surface area contributed by atoms with E-state index in [1.807, 2.05) is 0 Å². The monoisotopic (exact) mass is 543 g/mol. The number of rotatable bonds is 19. The Labute approximate surface area is 220 Å². The summed E-state index contributed by atoms with van der Waals surface area (Å²) in [5, 5.41) is 16.6. The van der Waals surface area contributed by atoms with Crippen LogP contribution in [0.4, 0.5) is 0 Å². The molecule has 0 aliphatic heterocycles. The molecule has 0 bridgehead atoms. The Hall–Kier alpha value is -3.95. The van der Waals surface area contributed by atoms with Gasteiger partial charge >= 0.3 is 5.97 Å². The fourth-order valence-corrected chi connectivity index (χ4v) is 3.28. The van der Waals surface area contributed by atoms with Gasteiger partial charge in [0.15, 0.2) is 5.96 Å². The summed E-state index contributed by atoms with van der Waals surface area (Å²) in [4.78, 5) is 76.1. The molecule has 0 fully saturated rings. The van der Waals surface area contributed by atoms with Gasteiger partial charge in [0, 0.05) is 19.4 Å². The van der Waals surface area contributed by atoms with Crippen molar-refractivity contribution in [2.75, 3.05) is 6.54 Å². The minimum atomic E-state index is -1.41. The molecule has 0 rings (SSSR count). The zero-order valence-corrected chi connectivity index (χ0v) is 21.8. The van der Waals surface area contributed by atoms with Crippen LogP contribution in [0.1, 0.15) is 58.8 Å². The van der Waals surface area contributed by atoms with Crippen LogP contribution in [0.25, 0.3) is 0 Å². The van der Waals surface area contributed by atoms with E-state index in [1.165, 1.54) is 0 Å². The van der Waals surface area contributed by atoms with Crippen molar-refractivity contribution in [2.24, 2.45) is 39.6 Å². The van der Waals surface area contributed by atoms with Gasteiger partial charge in [0.1, 0.15) is 18.1 Å². The van der Waals surface area contributed by atoms with Gasteiger partial charge in [-0.3, -0.25) is 29.0 Å². The lowest BCUT2D eigenvalue weighted by Gasteiger charge is -2.26. The number of carbonyl (C=O) groups excluding carboxylic acids is 5. The molecular weight excluding hydrogens is 502 g/mol. The van der Waals surface area contributed by atoms with E-state index in [0.29, 0.717) is 6.42 Å². The van der Waals surface area contributed by atoms with Crippen LogP contribution in [0.15, 0.2) is 4.99 Å². The normalized spacial score (nSPS) is 13.9. The number of nitrogens with zero attached hydrogens (tertiary/aromatic N) is 1. The van der Waals surface area contributed by atoms with Gasteiger partial charge in [-0.15, -0.1) is 0 Å². The fraction of sp³-hybridized carbons (Fsp3) is 0.682. The van der Waals surface area contributed by atoms with Crippen LogP contribution in [0.2, 0.25) is 0 Å². The number of carbonyl (C=O) groups is 6. The standard InChI is InChI=1S/C22H41N9O7/c1-11(2)10-15(20(36)30-14(21(37)38)6-8-17(25)33)31-19(35)13(5-7-16(24)32)29-18(34)12(23)4-3-9-28-22(26)27/h11-15H,3-10,23H2,1-2H3,(H2,24,32)(H2,25,33)(H,29,34)(H,30,36)(H,31,35)(H,37,38)(H4,26,27,28). The van der Waals surface area contributed by atoms with E-state index in [4.69, 9.17) is 28.7 Å². The molecule has 0 aromatic heterocycles. The molecule has 16 nitrogen and oxygen atoms in total. The second-order valence-corrected chi connectivity index (χ2v) is 9.22. The topological polar surface area (TPSA) is 301 Å². The molecule has 0 aliphatic rings. The Bertz CT molecular complexity index is 875. The fourth-order valence-electron chi connectivity index (χ4n) is 3.28. The van der Waals surface area contributed by atoms with Gasteiger partial charge < -0.3 is 49.7 Å². The van der Waals surface area contributed by atoms with Crippen LogP contribution in [-0.4, -0.2) is 77.3 Å². The summed E-state index contributed by atoms with van der Waals surface area (Å²) in [5.74, 6) is -5.31. The van der Waals surface area contributed by atoms with Gasteiger partial charge in [0.2, 0.25) is 29.5 Å². The van der Waals surface area contributed by atoms with Crippen molar-refractivity contribution in [1.29, 1.82) is 0 Å². The highest BCUT2D eigenvalue weighted by molar-refractivity contribution is 5.94. The van der Waals surface area contributed by atoms with Crippen molar-refractivity contribution < 1.29 is 33.9 Å². The number of guanidine groups is 1. The van der Waals surface area contributed by atoms with E-state index in [-0.39, 0.29) is 56.9 Å². The Morgan fingerprint density at radius 2 is 1.21 bits per heavy atom. The predicted octanol–water partition coefficient (Wildman–Crippen LogP) is -3.52. The molecule has 0 aliphatic carbocycles. The highest BCUT2D eigenvalue weighted by atomic mass is 16.4. The Morgan fingerprint density at radius 1 is 0.737 bits per heavy atom. The van der Waals surface area contributed by atoms with Crippen molar-refractivity contribution in [2.45, 2.75) is 83.0 Å². The number of amides is 5. The number of primary amides is 2. The van der Waals surface area contributed by atoms with Gasteiger partial charge in [-0.25, -0.2) is 4.79 Å². The minimum absolute atomic E-state index is 0.0998. The summed E-state index contributed by atoms with van der Waals surface area (Å²) < 4.78 is 0. The number of aliphatic imine (C=N–C) groups is 1. The van der Waals surface area contributed by atoms with Crippen molar-refractivity contribution in [3.63, 3.8) is 0 Å². The van der Waals surface area contributed by atoms with Crippen molar-refractivity contribution >= 4 is 41.5 Å². The number of carboxylic acids is 1. The Kier molecular flexibility index (Phi) is 15.7. The molecule has 216 valence electrons. The summed E-state index contributed by atoms with van der Waals surface area (Å²) in [5.41, 5.74) is 26.6. The zero-order valence-electron chi connectivity index (χ0n) is 21.8. The Balaban J connectivity index is 5.51. The number of carboxylic acid groups (broad SMARTS) is 1. The maximum Gasteiger partial charge on any atom is 0.326 e. The van der Waals surface area contributed by atoms with Crippen molar-refractivity contribution in [3.8, 4) is 0 Å². The third kappa shape index (κ3) is 15.2. The zero-order chi connectivity index (χ0) is 29.4. The van der Waals surface area contributed by atoms with Crippen LogP contribution < -0.4 is 44.6 Å². The first-order valence-electron chi connectivity index (χ1n) is 12.1. The quantitative estimate of drug-likeness (QED) is 0.0439. The molecule has 5 amide bonds. The van der Waals surface area contributed by atoms with E-state index in [0.717, 1.165) is 0 Å². The first-order valence-corrected chi connectivity index (χ1v) is 12.1. The van der Waals surface area contributed by atoms with Crippen LogP contribution >= 0.6 is 0 Å². The van der Waals surface area contributed by atoms with Crippen LogP contribution in [0.5, 0.6) is 0 Å². The molecule has 0 saturated carbocycles. The van der Waals surface area contributed by atoms with Gasteiger partial charge in [-0.1, -0.05) is 13.8 Å². The second-order valence-electron chi connectivity index (χ2n) is 9.22. The maximum atomic E-state index is 13.1. The predicted molar refractivity (Wildman–Crippen MR) is 138 cm³/mol. The third-order valence-electron chi connectivity index (χ3n) is 5.25. The van der Waals surface area contributed by atoms with Crippen molar-refractivity contribution in [1.82, 2.24) is 16.0 Å². The van der Waals surface area contributed by atoms with Gasteiger partial charge in [0.25, 0.3) is 0 Å². The van der Waals surface area contributed by atoms with E-state index < -0.39 is 59.7 Å². The molecule has 16 heteroatoms. The molecule has 0 spiro atoms. The number of hydrogen-bond acceptors (Lipinski definition) is 8. The summed E-state index contributed by atoms with van der Waals surface area (Å²) in [7, 11) is 0. The summed E-state index contributed by atoms with van der Waals surface area (Å²) in [6.45, 7) is 3.81. The third-order valence-corrected chi connectivity index (χ3v) is 5.25. The molecule has 0 saturated heterocycles. The molecule has 4 atom stereocenters. The number of hydrogen-bond donors (Lipinski definition) is 9. The molecule has 0 aromatic rings. The second kappa shape index (κ2) is 17.5. The average molecular weight is 544 g/mol. The van der Waals surface area contributed by atoms with Gasteiger partial charge in [0.05, 0.1) is 6.04 Å². The van der Waals surface area contributed by atoms with E-state index in [9.17, 15) is 33.9 Å². The van der Waals surface area contributed by atoms with Gasteiger partial charge in [-0.2, -0.15) is 0 Å². The van der Waals surface area contributed by atoms with Gasteiger partial charge in [-0.05, 0) is 38.0 Å². The summed E-state index contributed by atoms with van der Waals surface area (Å²) in [6, 6.07) is -4.86. The Morgan fingerprint density at radius 3 is 1.68 bits per heavy atom. The molecule has 38 heavy (non-hydrogen) atoms. The lowest BCUT2D eigenvalue weighted by molar-refractivity contribution is -0.142.